The molecule has 0 aliphatic heterocycles. The zero-order valence-corrected chi connectivity index (χ0v) is 17.9. The minimum atomic E-state index is -0.287. The average Bonchev–Trinajstić information content (AvgIpc) is 2.64. The van der Waals surface area contributed by atoms with Gasteiger partial charge in [-0.05, 0) is 55.2 Å². The molecule has 148 valence electrons. The molecule has 0 saturated heterocycles. The fourth-order valence-electron chi connectivity index (χ4n) is 2.46. The van der Waals surface area contributed by atoms with Gasteiger partial charge >= 0.3 is 0 Å². The van der Waals surface area contributed by atoms with Gasteiger partial charge in [0, 0.05) is 5.92 Å². The molecule has 0 bridgehead atoms. The molecule has 0 spiro atoms. The van der Waals surface area contributed by atoms with Crippen molar-refractivity contribution in [2.75, 3.05) is 6.61 Å². The van der Waals surface area contributed by atoms with E-state index in [0.29, 0.717) is 30.1 Å². The molecule has 0 saturated carbocycles. The van der Waals surface area contributed by atoms with Crippen molar-refractivity contribution in [2.45, 2.75) is 61.3 Å². The fourth-order valence-corrected chi connectivity index (χ4v) is 2.46. The van der Waals surface area contributed by atoms with E-state index in [9.17, 15) is 4.39 Å². The molecule has 1 aromatic carbocycles. The molecule has 0 N–H and O–H groups in total. The first kappa shape index (κ1) is 24.4. The van der Waals surface area contributed by atoms with Crippen LogP contribution in [0.2, 0.25) is 0 Å². The van der Waals surface area contributed by atoms with Gasteiger partial charge in [0.1, 0.15) is 0 Å². The lowest BCUT2D eigenvalue weighted by Crippen LogP contribution is -2.10. The molecule has 0 radical (unpaired) electrons. The van der Waals surface area contributed by atoms with Gasteiger partial charge in [0.2, 0.25) is 0 Å². The first-order valence-electron chi connectivity index (χ1n) is 10.0. The van der Waals surface area contributed by atoms with Crippen LogP contribution in [0.15, 0.2) is 43.0 Å². The SMILES string of the molecule is C=CC(C)CCC(C)C(C)/C=C\C(C)COc1ccc(C)cc1F.CC. The van der Waals surface area contributed by atoms with Crippen LogP contribution in [0.3, 0.4) is 0 Å². The maximum Gasteiger partial charge on any atom is 0.165 e. The highest BCUT2D eigenvalue weighted by Crippen LogP contribution is 2.22. The van der Waals surface area contributed by atoms with Crippen LogP contribution in [-0.2, 0) is 0 Å². The van der Waals surface area contributed by atoms with E-state index in [0.717, 1.165) is 5.56 Å². The van der Waals surface area contributed by atoms with E-state index in [1.807, 2.05) is 32.9 Å². The molecule has 26 heavy (non-hydrogen) atoms. The van der Waals surface area contributed by atoms with Crippen LogP contribution in [-0.4, -0.2) is 6.61 Å². The molecule has 0 heterocycles. The number of hydrogen-bond acceptors (Lipinski definition) is 1. The van der Waals surface area contributed by atoms with Crippen LogP contribution in [0.5, 0.6) is 5.75 Å². The summed E-state index contributed by atoms with van der Waals surface area (Å²) in [5, 5.41) is 0. The van der Waals surface area contributed by atoms with Gasteiger partial charge in [-0.2, -0.15) is 0 Å². The maximum absolute atomic E-state index is 13.7. The Morgan fingerprint density at radius 1 is 1.04 bits per heavy atom. The summed E-state index contributed by atoms with van der Waals surface area (Å²) >= 11 is 0. The number of ether oxygens (including phenoxy) is 1. The lowest BCUT2D eigenvalue weighted by Gasteiger charge is -2.18. The number of hydrogen-bond donors (Lipinski definition) is 0. The zero-order chi connectivity index (χ0) is 20.1. The first-order chi connectivity index (χ1) is 12.3. The van der Waals surface area contributed by atoms with Crippen molar-refractivity contribution in [3.05, 3.63) is 54.4 Å². The summed E-state index contributed by atoms with van der Waals surface area (Å²) in [5.74, 6) is 2.06. The highest BCUT2D eigenvalue weighted by molar-refractivity contribution is 5.28. The molecule has 0 aromatic heterocycles. The van der Waals surface area contributed by atoms with Crippen LogP contribution in [0.25, 0.3) is 0 Å². The molecule has 4 unspecified atom stereocenters. The molecule has 0 amide bonds. The Balaban J connectivity index is 0.00000301. The van der Waals surface area contributed by atoms with E-state index in [2.05, 4.69) is 46.4 Å². The summed E-state index contributed by atoms with van der Waals surface area (Å²) in [4.78, 5) is 0. The van der Waals surface area contributed by atoms with Gasteiger partial charge < -0.3 is 4.74 Å². The van der Waals surface area contributed by atoms with Crippen LogP contribution in [0.1, 0.15) is 59.9 Å². The Morgan fingerprint density at radius 3 is 2.27 bits per heavy atom. The normalized spacial score (nSPS) is 15.5. The summed E-state index contributed by atoms with van der Waals surface area (Å²) in [6.45, 7) is 19.1. The number of rotatable bonds is 10. The second-order valence-electron chi connectivity index (χ2n) is 7.23. The van der Waals surface area contributed by atoms with Gasteiger partial charge in [-0.25, -0.2) is 4.39 Å². The van der Waals surface area contributed by atoms with E-state index in [4.69, 9.17) is 4.74 Å². The van der Waals surface area contributed by atoms with E-state index in [-0.39, 0.29) is 11.7 Å². The number of benzene rings is 1. The topological polar surface area (TPSA) is 9.23 Å². The molecule has 1 aromatic rings. The molecule has 0 aliphatic rings. The molecule has 0 aliphatic carbocycles. The predicted octanol–water partition coefficient (Wildman–Crippen LogP) is 7.61. The molecule has 4 atom stereocenters. The van der Waals surface area contributed by atoms with Crippen LogP contribution in [0.4, 0.5) is 4.39 Å². The van der Waals surface area contributed by atoms with Crippen molar-refractivity contribution in [1.29, 1.82) is 0 Å². The molecular weight excluding hydrogens is 323 g/mol. The summed E-state index contributed by atoms with van der Waals surface area (Å²) in [7, 11) is 0. The quantitative estimate of drug-likeness (QED) is 0.389. The number of halogens is 1. The van der Waals surface area contributed by atoms with E-state index in [1.54, 1.807) is 6.07 Å². The maximum atomic E-state index is 13.7. The van der Waals surface area contributed by atoms with E-state index >= 15 is 0 Å². The highest BCUT2D eigenvalue weighted by Gasteiger charge is 2.11. The Morgan fingerprint density at radius 2 is 1.69 bits per heavy atom. The van der Waals surface area contributed by atoms with E-state index in [1.165, 1.54) is 18.9 Å². The van der Waals surface area contributed by atoms with Gasteiger partial charge in [0.15, 0.2) is 11.6 Å². The van der Waals surface area contributed by atoms with Gasteiger partial charge in [-0.1, -0.05) is 65.8 Å². The van der Waals surface area contributed by atoms with Crippen molar-refractivity contribution in [3.63, 3.8) is 0 Å². The Labute approximate surface area is 161 Å². The van der Waals surface area contributed by atoms with Crippen LogP contribution < -0.4 is 4.74 Å². The Kier molecular flexibility index (Phi) is 12.8. The van der Waals surface area contributed by atoms with Crippen molar-refractivity contribution in [1.82, 2.24) is 0 Å². The van der Waals surface area contributed by atoms with Crippen molar-refractivity contribution < 1.29 is 9.13 Å². The largest absolute Gasteiger partial charge is 0.490 e. The number of aryl methyl sites for hydroxylation is 1. The lowest BCUT2D eigenvalue weighted by atomic mass is 9.88. The third kappa shape index (κ3) is 9.79. The predicted molar refractivity (Wildman–Crippen MR) is 113 cm³/mol. The van der Waals surface area contributed by atoms with Gasteiger partial charge in [-0.3, -0.25) is 0 Å². The zero-order valence-electron chi connectivity index (χ0n) is 17.9. The third-order valence-electron chi connectivity index (χ3n) is 4.71. The second-order valence-corrected chi connectivity index (χ2v) is 7.23. The van der Waals surface area contributed by atoms with E-state index < -0.39 is 0 Å². The monoisotopic (exact) mass is 362 g/mol. The molecule has 2 heteroatoms. The summed E-state index contributed by atoms with van der Waals surface area (Å²) in [6.07, 6.45) is 8.87. The standard InChI is InChI=1S/C22H33FO.C2H6/c1-7-16(2)8-11-19(5)20(6)12-9-18(4)15-24-22-13-10-17(3)14-21(22)23;1-2/h7,9-10,12-14,16,18-20H,1,8,11,15H2,2-6H3;1-2H3/b12-9-;. The average molecular weight is 363 g/mol. The minimum Gasteiger partial charge on any atom is -0.490 e. The second kappa shape index (κ2) is 13.6. The summed E-state index contributed by atoms with van der Waals surface area (Å²) in [6, 6.07) is 5.07. The van der Waals surface area contributed by atoms with Gasteiger partial charge in [-0.15, -0.1) is 6.58 Å². The minimum absolute atomic E-state index is 0.257. The van der Waals surface area contributed by atoms with Gasteiger partial charge in [0.25, 0.3) is 0 Å². The number of allylic oxidation sites excluding steroid dienone is 2. The van der Waals surface area contributed by atoms with Crippen molar-refractivity contribution in [3.8, 4) is 5.75 Å². The Hall–Kier alpha value is -1.57. The molecule has 1 nitrogen and oxygen atoms in total. The highest BCUT2D eigenvalue weighted by atomic mass is 19.1. The van der Waals surface area contributed by atoms with Crippen LogP contribution in [0, 0.1) is 36.4 Å². The summed E-state index contributed by atoms with van der Waals surface area (Å²) in [5.41, 5.74) is 0.904. The lowest BCUT2D eigenvalue weighted by molar-refractivity contribution is 0.271. The summed E-state index contributed by atoms with van der Waals surface area (Å²) < 4.78 is 19.4. The fraction of sp³-hybridized carbons (Fsp3) is 0.583. The third-order valence-corrected chi connectivity index (χ3v) is 4.71. The van der Waals surface area contributed by atoms with Crippen molar-refractivity contribution >= 4 is 0 Å². The smallest absolute Gasteiger partial charge is 0.165 e. The molecule has 1 rings (SSSR count). The van der Waals surface area contributed by atoms with Crippen LogP contribution >= 0.6 is 0 Å². The van der Waals surface area contributed by atoms with Gasteiger partial charge in [0.05, 0.1) is 6.61 Å². The Bertz CT molecular complexity index is 535. The first-order valence-corrected chi connectivity index (χ1v) is 10.0. The molecule has 0 fully saturated rings. The van der Waals surface area contributed by atoms with Crippen molar-refractivity contribution in [2.24, 2.45) is 23.7 Å². The molecular formula is C24H39FO.